The number of nitrogens with zero attached hydrogens (tertiary/aromatic N) is 1. The number of nitrogens with one attached hydrogen (secondary N) is 1. The molecule has 19 heavy (non-hydrogen) atoms. The van der Waals surface area contributed by atoms with Crippen molar-refractivity contribution in [1.29, 1.82) is 0 Å². The average molecular weight is 251 g/mol. The highest BCUT2D eigenvalue weighted by atomic mass is 16.3. The van der Waals surface area contributed by atoms with Gasteiger partial charge in [-0.3, -0.25) is 4.99 Å². The minimum Gasteiger partial charge on any atom is -0.494 e. The van der Waals surface area contributed by atoms with Crippen LogP contribution in [0.2, 0.25) is 0 Å². The van der Waals surface area contributed by atoms with Crippen LogP contribution in [0.1, 0.15) is 5.56 Å². The number of aromatic amines is 1. The van der Waals surface area contributed by atoms with E-state index in [1.165, 1.54) is 0 Å². The highest BCUT2D eigenvalue weighted by molar-refractivity contribution is 6.02. The Morgan fingerprint density at radius 2 is 1.79 bits per heavy atom. The van der Waals surface area contributed by atoms with Crippen molar-refractivity contribution < 1.29 is 5.11 Å². The van der Waals surface area contributed by atoms with E-state index in [1.54, 1.807) is 18.3 Å². The second-order valence-electron chi connectivity index (χ2n) is 4.28. The molecule has 3 aromatic rings. The van der Waals surface area contributed by atoms with E-state index in [1.807, 2.05) is 36.4 Å². The van der Waals surface area contributed by atoms with Crippen molar-refractivity contribution >= 4 is 28.5 Å². The van der Waals surface area contributed by atoms with E-state index in [9.17, 15) is 5.11 Å². The maximum atomic E-state index is 9.89. The van der Waals surface area contributed by atoms with Crippen molar-refractivity contribution in [3.8, 4) is 5.88 Å². The molecule has 4 N–H and O–H groups in total. The molecule has 0 fully saturated rings. The van der Waals surface area contributed by atoms with Crippen LogP contribution < -0.4 is 5.73 Å². The lowest BCUT2D eigenvalue weighted by molar-refractivity contribution is 0.457. The fraction of sp³-hybridized carbons (Fsp3) is 0. The van der Waals surface area contributed by atoms with Crippen LogP contribution in [0.3, 0.4) is 0 Å². The number of rotatable bonds is 2. The van der Waals surface area contributed by atoms with Gasteiger partial charge in [0.05, 0.1) is 11.3 Å². The lowest BCUT2D eigenvalue weighted by atomic mass is 10.2. The lowest BCUT2D eigenvalue weighted by Crippen LogP contribution is -1.82. The standard InChI is InChI=1S/C15H13N3O/c16-10-5-7-11(8-6-10)17-9-13-12-3-1-2-4-14(12)18-15(13)19/h1-9,18-19H,16H2. The predicted octanol–water partition coefficient (Wildman–Crippen LogP) is 3.21. The summed E-state index contributed by atoms with van der Waals surface area (Å²) in [5.41, 5.74) is 8.69. The Kier molecular flexibility index (Phi) is 2.68. The maximum absolute atomic E-state index is 9.89. The summed E-state index contributed by atoms with van der Waals surface area (Å²) in [6.45, 7) is 0. The van der Waals surface area contributed by atoms with Crippen LogP contribution in [0, 0.1) is 0 Å². The second kappa shape index (κ2) is 4.49. The summed E-state index contributed by atoms with van der Waals surface area (Å²) in [4.78, 5) is 7.26. The molecule has 0 amide bonds. The Hall–Kier alpha value is -2.75. The van der Waals surface area contributed by atoms with Crippen molar-refractivity contribution in [3.63, 3.8) is 0 Å². The molecular formula is C15H13N3O. The third-order valence-electron chi connectivity index (χ3n) is 2.96. The van der Waals surface area contributed by atoms with Gasteiger partial charge in [0.25, 0.3) is 0 Å². The van der Waals surface area contributed by atoms with Gasteiger partial charge in [0.2, 0.25) is 0 Å². The Labute approximate surface area is 110 Å². The third-order valence-corrected chi connectivity index (χ3v) is 2.96. The minimum atomic E-state index is 0.125. The van der Waals surface area contributed by atoms with Gasteiger partial charge in [-0.25, -0.2) is 0 Å². The molecule has 2 aromatic carbocycles. The summed E-state index contributed by atoms with van der Waals surface area (Å²) in [5.74, 6) is 0.125. The quantitative estimate of drug-likeness (QED) is 0.483. The van der Waals surface area contributed by atoms with Crippen LogP contribution in [0.15, 0.2) is 53.5 Å². The SMILES string of the molecule is Nc1ccc(N=Cc2c(O)[nH]c3ccccc23)cc1. The van der Waals surface area contributed by atoms with Crippen molar-refractivity contribution in [2.75, 3.05) is 5.73 Å². The number of aromatic hydroxyl groups is 1. The van der Waals surface area contributed by atoms with Gasteiger partial charge >= 0.3 is 0 Å². The highest BCUT2D eigenvalue weighted by Gasteiger charge is 2.07. The first kappa shape index (κ1) is 11.3. The first-order chi connectivity index (χ1) is 9.24. The van der Waals surface area contributed by atoms with Crippen LogP contribution in [0.4, 0.5) is 11.4 Å². The molecule has 94 valence electrons. The van der Waals surface area contributed by atoms with E-state index in [0.717, 1.165) is 16.6 Å². The zero-order valence-corrected chi connectivity index (χ0v) is 10.2. The molecule has 0 aliphatic heterocycles. The number of aliphatic imine (C=N–C) groups is 1. The molecule has 0 atom stereocenters. The zero-order valence-electron chi connectivity index (χ0n) is 10.2. The number of hydrogen-bond acceptors (Lipinski definition) is 3. The van der Waals surface area contributed by atoms with E-state index in [0.29, 0.717) is 11.3 Å². The fourth-order valence-electron chi connectivity index (χ4n) is 1.98. The van der Waals surface area contributed by atoms with E-state index in [-0.39, 0.29) is 5.88 Å². The molecule has 0 saturated heterocycles. The van der Waals surface area contributed by atoms with Gasteiger partial charge in [0, 0.05) is 22.8 Å². The van der Waals surface area contributed by atoms with Gasteiger partial charge in [0.1, 0.15) is 0 Å². The molecule has 0 aliphatic rings. The van der Waals surface area contributed by atoms with E-state index < -0.39 is 0 Å². The van der Waals surface area contributed by atoms with Crippen molar-refractivity contribution in [2.24, 2.45) is 4.99 Å². The van der Waals surface area contributed by atoms with Gasteiger partial charge in [-0.1, -0.05) is 18.2 Å². The number of benzene rings is 2. The van der Waals surface area contributed by atoms with Crippen LogP contribution >= 0.6 is 0 Å². The summed E-state index contributed by atoms with van der Waals surface area (Å²) in [7, 11) is 0. The van der Waals surface area contributed by atoms with Gasteiger partial charge < -0.3 is 15.8 Å². The molecule has 3 rings (SSSR count). The van der Waals surface area contributed by atoms with Crippen molar-refractivity contribution in [1.82, 2.24) is 4.98 Å². The topological polar surface area (TPSA) is 74.4 Å². The first-order valence-corrected chi connectivity index (χ1v) is 5.93. The smallest absolute Gasteiger partial charge is 0.198 e. The molecule has 4 heteroatoms. The summed E-state index contributed by atoms with van der Waals surface area (Å²) in [6, 6.07) is 14.9. The number of para-hydroxylation sites is 1. The van der Waals surface area contributed by atoms with Crippen molar-refractivity contribution in [3.05, 3.63) is 54.1 Å². The minimum absolute atomic E-state index is 0.125. The normalized spacial score (nSPS) is 11.4. The molecule has 0 unspecified atom stereocenters. The number of hydrogen-bond donors (Lipinski definition) is 3. The van der Waals surface area contributed by atoms with Crippen LogP contribution in [-0.2, 0) is 0 Å². The molecular weight excluding hydrogens is 238 g/mol. The average Bonchev–Trinajstić information content (AvgIpc) is 2.74. The van der Waals surface area contributed by atoms with Gasteiger partial charge in [-0.15, -0.1) is 0 Å². The largest absolute Gasteiger partial charge is 0.494 e. The number of anilines is 1. The monoisotopic (exact) mass is 251 g/mol. The molecule has 1 aromatic heterocycles. The molecule has 0 aliphatic carbocycles. The molecule has 0 radical (unpaired) electrons. The maximum Gasteiger partial charge on any atom is 0.198 e. The fourth-order valence-corrected chi connectivity index (χ4v) is 1.98. The van der Waals surface area contributed by atoms with Gasteiger partial charge in [-0.05, 0) is 30.3 Å². The summed E-state index contributed by atoms with van der Waals surface area (Å²) < 4.78 is 0. The number of aromatic nitrogens is 1. The first-order valence-electron chi connectivity index (χ1n) is 5.93. The molecule has 0 bridgehead atoms. The lowest BCUT2D eigenvalue weighted by Gasteiger charge is -1.95. The highest BCUT2D eigenvalue weighted by Crippen LogP contribution is 2.26. The summed E-state index contributed by atoms with van der Waals surface area (Å²) >= 11 is 0. The Bertz CT molecular complexity index is 742. The number of fused-ring (bicyclic) bond motifs is 1. The van der Waals surface area contributed by atoms with Gasteiger partial charge in [-0.2, -0.15) is 0 Å². The van der Waals surface area contributed by atoms with E-state index in [4.69, 9.17) is 5.73 Å². The molecule has 1 heterocycles. The number of H-pyrrole nitrogens is 1. The Balaban J connectivity index is 2.01. The van der Waals surface area contributed by atoms with Crippen LogP contribution in [0.5, 0.6) is 5.88 Å². The molecule has 4 nitrogen and oxygen atoms in total. The number of nitrogens with two attached hydrogens (primary N) is 1. The molecule has 0 saturated carbocycles. The van der Waals surface area contributed by atoms with Crippen LogP contribution in [0.25, 0.3) is 10.9 Å². The van der Waals surface area contributed by atoms with E-state index in [2.05, 4.69) is 9.98 Å². The summed E-state index contributed by atoms with van der Waals surface area (Å²) in [5, 5.41) is 10.8. The van der Waals surface area contributed by atoms with E-state index >= 15 is 0 Å². The zero-order chi connectivity index (χ0) is 13.2. The van der Waals surface area contributed by atoms with Gasteiger partial charge in [0.15, 0.2) is 5.88 Å². The third kappa shape index (κ3) is 2.15. The van der Waals surface area contributed by atoms with Crippen molar-refractivity contribution in [2.45, 2.75) is 0 Å². The second-order valence-corrected chi connectivity index (χ2v) is 4.28. The summed E-state index contributed by atoms with van der Waals surface area (Å²) in [6.07, 6.45) is 1.65. The molecule has 0 spiro atoms. The van der Waals surface area contributed by atoms with Crippen LogP contribution in [-0.4, -0.2) is 16.3 Å². The Morgan fingerprint density at radius 3 is 2.58 bits per heavy atom. The Morgan fingerprint density at radius 1 is 1.05 bits per heavy atom. The predicted molar refractivity (Wildman–Crippen MR) is 78.1 cm³/mol. The number of nitrogen functional groups attached to an aromatic ring is 1.